The lowest BCUT2D eigenvalue weighted by molar-refractivity contribution is 0.0878. The minimum atomic E-state index is -1.07. The van der Waals surface area contributed by atoms with Crippen LogP contribution in [0.25, 0.3) is 11.3 Å². The van der Waals surface area contributed by atoms with Gasteiger partial charge in [0, 0.05) is 12.5 Å². The number of rotatable bonds is 6. The number of aromatic nitrogens is 3. The van der Waals surface area contributed by atoms with Crippen molar-refractivity contribution in [3.63, 3.8) is 0 Å². The van der Waals surface area contributed by atoms with Gasteiger partial charge in [-0.25, -0.2) is 18.6 Å². The van der Waals surface area contributed by atoms with Crippen LogP contribution >= 0.6 is 0 Å². The summed E-state index contributed by atoms with van der Waals surface area (Å²) in [6, 6.07) is 11.0. The lowest BCUT2D eigenvalue weighted by Gasteiger charge is -2.40. The second-order valence-electron chi connectivity index (χ2n) is 10.9. The SMILES string of the molecule is Cc1nnc(CNC(=O)c2nc(-c3ccccc3)c(NC(=O)N[C@@H]3c4cc(F)c(F)cc4C(C)(C)C[C@H]3O)cc2C)o1. The van der Waals surface area contributed by atoms with E-state index in [2.05, 4.69) is 31.1 Å². The van der Waals surface area contributed by atoms with Crippen molar-refractivity contribution < 1.29 is 27.9 Å². The molecular formula is C30H30F2N6O4. The van der Waals surface area contributed by atoms with Gasteiger partial charge in [-0.15, -0.1) is 10.2 Å². The molecule has 12 heteroatoms. The first-order chi connectivity index (χ1) is 19.9. The molecule has 2 atom stereocenters. The van der Waals surface area contributed by atoms with Crippen molar-refractivity contribution >= 4 is 17.6 Å². The van der Waals surface area contributed by atoms with Crippen LogP contribution in [0.5, 0.6) is 0 Å². The summed E-state index contributed by atoms with van der Waals surface area (Å²) in [6.45, 7) is 6.98. The van der Waals surface area contributed by atoms with Crippen LogP contribution in [0, 0.1) is 25.5 Å². The van der Waals surface area contributed by atoms with Gasteiger partial charge in [0.25, 0.3) is 5.91 Å². The van der Waals surface area contributed by atoms with Crippen molar-refractivity contribution in [3.05, 3.63) is 94.3 Å². The van der Waals surface area contributed by atoms with Crippen molar-refractivity contribution in [1.82, 2.24) is 25.8 Å². The number of carbonyl (C=O) groups is 2. The maximum absolute atomic E-state index is 14.2. The largest absolute Gasteiger partial charge is 0.424 e. The van der Waals surface area contributed by atoms with Crippen LogP contribution in [0.4, 0.5) is 19.3 Å². The first kappa shape index (κ1) is 28.8. The van der Waals surface area contributed by atoms with E-state index in [1.807, 2.05) is 19.9 Å². The molecule has 218 valence electrons. The third-order valence-electron chi connectivity index (χ3n) is 7.24. The predicted octanol–water partition coefficient (Wildman–Crippen LogP) is 4.86. The van der Waals surface area contributed by atoms with Crippen LogP contribution in [0.1, 0.15) is 65.3 Å². The number of hydrogen-bond acceptors (Lipinski definition) is 7. The van der Waals surface area contributed by atoms with Crippen molar-refractivity contribution in [1.29, 1.82) is 0 Å². The maximum atomic E-state index is 14.2. The van der Waals surface area contributed by atoms with Crippen molar-refractivity contribution in [2.24, 2.45) is 0 Å². The number of aliphatic hydroxyl groups is 1. The van der Waals surface area contributed by atoms with Gasteiger partial charge in [-0.2, -0.15) is 0 Å². The Morgan fingerprint density at radius 1 is 1.07 bits per heavy atom. The highest BCUT2D eigenvalue weighted by Gasteiger charge is 2.40. The Hall–Kier alpha value is -4.71. The molecule has 0 spiro atoms. The van der Waals surface area contributed by atoms with Gasteiger partial charge in [0.1, 0.15) is 5.69 Å². The van der Waals surface area contributed by atoms with Crippen LogP contribution in [0.3, 0.4) is 0 Å². The van der Waals surface area contributed by atoms with Gasteiger partial charge in [-0.05, 0) is 53.6 Å². The molecule has 2 aromatic carbocycles. The number of pyridine rings is 1. The number of fused-ring (bicyclic) bond motifs is 1. The van der Waals surface area contributed by atoms with Crippen LogP contribution in [0.2, 0.25) is 0 Å². The fourth-order valence-corrected chi connectivity index (χ4v) is 5.24. The molecule has 2 aromatic heterocycles. The summed E-state index contributed by atoms with van der Waals surface area (Å²) in [6.07, 6.45) is -0.830. The average molecular weight is 577 g/mol. The summed E-state index contributed by atoms with van der Waals surface area (Å²) < 4.78 is 33.7. The molecule has 10 nitrogen and oxygen atoms in total. The summed E-state index contributed by atoms with van der Waals surface area (Å²) in [4.78, 5) is 30.9. The van der Waals surface area contributed by atoms with Gasteiger partial charge in [-0.1, -0.05) is 44.2 Å². The lowest BCUT2D eigenvalue weighted by atomic mass is 9.69. The van der Waals surface area contributed by atoms with E-state index in [-0.39, 0.29) is 24.6 Å². The highest BCUT2D eigenvalue weighted by atomic mass is 19.2. The van der Waals surface area contributed by atoms with Gasteiger partial charge in [0.2, 0.25) is 11.8 Å². The summed E-state index contributed by atoms with van der Waals surface area (Å²) in [5.74, 6) is -1.92. The fourth-order valence-electron chi connectivity index (χ4n) is 5.24. The highest BCUT2D eigenvalue weighted by Crippen LogP contribution is 2.42. The third-order valence-corrected chi connectivity index (χ3v) is 7.24. The van der Waals surface area contributed by atoms with Crippen LogP contribution < -0.4 is 16.0 Å². The Balaban J connectivity index is 1.42. The van der Waals surface area contributed by atoms with E-state index in [4.69, 9.17) is 4.42 Å². The molecule has 1 aliphatic carbocycles. The number of nitrogens with one attached hydrogen (secondary N) is 3. The predicted molar refractivity (Wildman–Crippen MR) is 150 cm³/mol. The second kappa shape index (κ2) is 11.3. The van der Waals surface area contributed by atoms with Gasteiger partial charge in [0.15, 0.2) is 11.6 Å². The van der Waals surface area contributed by atoms with E-state index >= 15 is 0 Å². The van der Waals surface area contributed by atoms with Gasteiger partial charge < -0.3 is 25.5 Å². The molecule has 0 saturated heterocycles. The fraction of sp³-hybridized carbons (Fsp3) is 0.300. The zero-order valence-electron chi connectivity index (χ0n) is 23.5. The first-order valence-corrected chi connectivity index (χ1v) is 13.3. The monoisotopic (exact) mass is 576 g/mol. The number of amides is 3. The van der Waals surface area contributed by atoms with Gasteiger partial charge in [-0.3, -0.25) is 4.79 Å². The van der Waals surface area contributed by atoms with E-state index in [1.54, 1.807) is 44.2 Å². The van der Waals surface area contributed by atoms with Crippen LogP contribution in [-0.2, 0) is 12.0 Å². The molecule has 5 rings (SSSR count). The number of aliphatic hydroxyl groups excluding tert-OH is 1. The zero-order chi connectivity index (χ0) is 30.2. The molecule has 3 amide bonds. The summed E-state index contributed by atoms with van der Waals surface area (Å²) in [7, 11) is 0. The third kappa shape index (κ3) is 5.84. The molecule has 4 aromatic rings. The van der Waals surface area contributed by atoms with E-state index in [0.29, 0.717) is 39.5 Å². The molecule has 4 N–H and O–H groups in total. The number of hydrogen-bond donors (Lipinski definition) is 4. The van der Waals surface area contributed by atoms with E-state index < -0.39 is 41.1 Å². The second-order valence-corrected chi connectivity index (χ2v) is 10.9. The minimum Gasteiger partial charge on any atom is -0.424 e. The lowest BCUT2D eigenvalue weighted by Crippen LogP contribution is -2.45. The van der Waals surface area contributed by atoms with Crippen molar-refractivity contribution in [2.45, 2.75) is 58.2 Å². The van der Waals surface area contributed by atoms with Gasteiger partial charge >= 0.3 is 6.03 Å². The molecule has 0 unspecified atom stereocenters. The number of urea groups is 1. The summed E-state index contributed by atoms with van der Waals surface area (Å²) in [5.41, 5.74) is 2.04. The van der Waals surface area contributed by atoms with Crippen molar-refractivity contribution in [3.8, 4) is 11.3 Å². The number of carbonyl (C=O) groups excluding carboxylic acids is 2. The minimum absolute atomic E-state index is 0.0103. The molecule has 1 aliphatic rings. The molecule has 0 aliphatic heterocycles. The van der Waals surface area contributed by atoms with Gasteiger partial charge in [0.05, 0.1) is 30.1 Å². The average Bonchev–Trinajstić information content (AvgIpc) is 3.36. The van der Waals surface area contributed by atoms with Crippen LogP contribution in [0.15, 0.2) is 52.9 Å². The Kier molecular flexibility index (Phi) is 7.74. The molecule has 42 heavy (non-hydrogen) atoms. The molecular weight excluding hydrogens is 546 g/mol. The number of anilines is 1. The highest BCUT2D eigenvalue weighted by molar-refractivity contribution is 5.98. The standard InChI is InChI=1S/C30H30F2N6O4/c1-15-10-22(34-29(41)36-27-18-11-20(31)21(32)12-19(18)30(3,4)13-23(27)39)26(17-8-6-5-7-9-17)35-25(15)28(40)33-14-24-38-37-16(2)42-24/h5-12,23,27,39H,13-14H2,1-4H3,(H,33,40)(H2,34,36,41)/t23-,27-/m1/s1. The van der Waals surface area contributed by atoms with E-state index in [0.717, 1.165) is 12.1 Å². The van der Waals surface area contributed by atoms with E-state index in [9.17, 15) is 23.5 Å². The number of benzene rings is 2. The van der Waals surface area contributed by atoms with Crippen molar-refractivity contribution in [2.75, 3.05) is 5.32 Å². The Bertz CT molecular complexity index is 1660. The summed E-state index contributed by atoms with van der Waals surface area (Å²) >= 11 is 0. The van der Waals surface area contributed by atoms with E-state index in [1.165, 1.54) is 0 Å². The first-order valence-electron chi connectivity index (χ1n) is 13.3. The Morgan fingerprint density at radius 2 is 1.79 bits per heavy atom. The molecule has 2 heterocycles. The molecule has 0 radical (unpaired) electrons. The van der Waals surface area contributed by atoms with Crippen LogP contribution in [-0.4, -0.2) is 38.3 Å². The Morgan fingerprint density at radius 3 is 2.48 bits per heavy atom. The zero-order valence-corrected chi connectivity index (χ0v) is 23.5. The number of halogens is 2. The topological polar surface area (TPSA) is 142 Å². The Labute approximate surface area is 240 Å². The quantitative estimate of drug-likeness (QED) is 0.257. The molecule has 0 saturated carbocycles. The number of aryl methyl sites for hydroxylation is 2. The normalized spacial score (nSPS) is 17.3. The molecule has 0 fully saturated rings. The smallest absolute Gasteiger partial charge is 0.319 e. The summed E-state index contributed by atoms with van der Waals surface area (Å²) in [5, 5.41) is 26.7. The molecule has 0 bridgehead atoms. The maximum Gasteiger partial charge on any atom is 0.319 e. The number of nitrogens with zero attached hydrogens (tertiary/aromatic N) is 3.